The largest absolute Gasteiger partial charge is 0.496 e. The fourth-order valence-electron chi connectivity index (χ4n) is 1.93. The van der Waals surface area contributed by atoms with E-state index in [1.807, 2.05) is 29.7 Å². The maximum absolute atomic E-state index is 11.7. The summed E-state index contributed by atoms with van der Waals surface area (Å²) in [6, 6.07) is 5.78. The molecule has 1 heterocycles. The van der Waals surface area contributed by atoms with Gasteiger partial charge >= 0.3 is 5.97 Å². The van der Waals surface area contributed by atoms with Gasteiger partial charge in [-0.2, -0.15) is 0 Å². The third kappa shape index (κ3) is 2.85. The number of aryl methyl sites for hydroxylation is 1. The van der Waals surface area contributed by atoms with E-state index in [1.54, 1.807) is 7.11 Å². The van der Waals surface area contributed by atoms with Crippen molar-refractivity contribution in [3.05, 3.63) is 46.0 Å². The molecule has 1 aromatic heterocycles. The fraction of sp³-hybridized carbons (Fsp3) is 0.286. The Morgan fingerprint density at radius 3 is 2.75 bits per heavy atom. The molecule has 6 heteroatoms. The van der Waals surface area contributed by atoms with Crippen LogP contribution in [0.15, 0.2) is 28.9 Å². The number of nitrogens with zero attached hydrogens (tertiary/aromatic N) is 2. The minimum absolute atomic E-state index is 0.391. The molecule has 0 fully saturated rings. The number of benzene rings is 1. The van der Waals surface area contributed by atoms with E-state index in [0.29, 0.717) is 12.2 Å². The van der Waals surface area contributed by atoms with E-state index in [4.69, 9.17) is 9.47 Å². The van der Waals surface area contributed by atoms with Gasteiger partial charge < -0.3 is 14.0 Å². The molecule has 0 N–H and O–H groups in total. The van der Waals surface area contributed by atoms with Crippen LogP contribution in [0.4, 0.5) is 0 Å². The Bertz CT molecular complexity index is 637. The van der Waals surface area contributed by atoms with Crippen molar-refractivity contribution in [3.8, 4) is 5.75 Å². The number of imidazole rings is 1. The molecule has 5 nitrogen and oxygen atoms in total. The second-order valence-electron chi connectivity index (χ2n) is 4.24. The van der Waals surface area contributed by atoms with E-state index in [9.17, 15) is 4.79 Å². The van der Waals surface area contributed by atoms with E-state index < -0.39 is 5.97 Å². The molecule has 0 unspecified atom stereocenters. The predicted octanol–water partition coefficient (Wildman–Crippen LogP) is 2.80. The lowest BCUT2D eigenvalue weighted by atomic mass is 10.2. The molecule has 0 aliphatic heterocycles. The summed E-state index contributed by atoms with van der Waals surface area (Å²) in [5, 5.41) is 0. The highest BCUT2D eigenvalue weighted by Gasteiger charge is 2.15. The first-order valence-corrected chi connectivity index (χ1v) is 6.79. The molecule has 2 aromatic rings. The summed E-state index contributed by atoms with van der Waals surface area (Å²) in [6.07, 6.45) is 1.53. The number of rotatable bonds is 4. The molecule has 20 heavy (non-hydrogen) atoms. The molecule has 0 radical (unpaired) electrons. The summed E-state index contributed by atoms with van der Waals surface area (Å²) < 4.78 is 12.6. The lowest BCUT2D eigenvalue weighted by Gasteiger charge is -2.11. The van der Waals surface area contributed by atoms with Crippen molar-refractivity contribution in [2.75, 3.05) is 14.2 Å². The summed E-state index contributed by atoms with van der Waals surface area (Å²) in [5.41, 5.74) is 1.47. The SMILES string of the molecule is COC(=O)c1cnc(C)n1Cc1ccc(OC)c(Br)c1. The van der Waals surface area contributed by atoms with Crippen molar-refractivity contribution in [1.82, 2.24) is 9.55 Å². The molecule has 0 saturated carbocycles. The average molecular weight is 339 g/mol. The fourth-order valence-corrected chi connectivity index (χ4v) is 2.51. The molecule has 0 amide bonds. The van der Waals surface area contributed by atoms with Gasteiger partial charge in [-0.25, -0.2) is 9.78 Å². The van der Waals surface area contributed by atoms with Gasteiger partial charge in [0.05, 0.1) is 24.9 Å². The Kier molecular flexibility index (Phi) is 4.44. The highest BCUT2D eigenvalue weighted by molar-refractivity contribution is 9.10. The number of halogens is 1. The molecule has 106 valence electrons. The van der Waals surface area contributed by atoms with E-state index in [2.05, 4.69) is 20.9 Å². The second-order valence-corrected chi connectivity index (χ2v) is 5.09. The zero-order valence-corrected chi connectivity index (χ0v) is 13.1. The Morgan fingerprint density at radius 2 is 2.15 bits per heavy atom. The number of carbonyl (C=O) groups is 1. The van der Waals surface area contributed by atoms with Crippen molar-refractivity contribution in [2.24, 2.45) is 0 Å². The average Bonchev–Trinajstić information content (AvgIpc) is 2.80. The first-order valence-electron chi connectivity index (χ1n) is 5.99. The van der Waals surface area contributed by atoms with Crippen molar-refractivity contribution in [3.63, 3.8) is 0 Å². The van der Waals surface area contributed by atoms with Crippen LogP contribution in [-0.4, -0.2) is 29.7 Å². The summed E-state index contributed by atoms with van der Waals surface area (Å²) in [6.45, 7) is 2.39. The number of ether oxygens (including phenoxy) is 2. The van der Waals surface area contributed by atoms with Gasteiger partial charge in [-0.15, -0.1) is 0 Å². The molecule has 0 aliphatic carbocycles. The van der Waals surface area contributed by atoms with Gasteiger partial charge in [0.25, 0.3) is 0 Å². The van der Waals surface area contributed by atoms with Crippen LogP contribution in [0.25, 0.3) is 0 Å². The van der Waals surface area contributed by atoms with Gasteiger partial charge in [0.15, 0.2) is 0 Å². The molecule has 0 saturated heterocycles. The van der Waals surface area contributed by atoms with Crippen LogP contribution in [0.5, 0.6) is 5.75 Å². The topological polar surface area (TPSA) is 53.3 Å². The van der Waals surface area contributed by atoms with Crippen molar-refractivity contribution in [2.45, 2.75) is 13.5 Å². The number of carbonyl (C=O) groups excluding carboxylic acids is 1. The van der Waals surface area contributed by atoms with Crippen LogP contribution >= 0.6 is 15.9 Å². The van der Waals surface area contributed by atoms with E-state index >= 15 is 0 Å². The van der Waals surface area contributed by atoms with Crippen LogP contribution in [-0.2, 0) is 11.3 Å². The molecule has 1 aromatic carbocycles. The summed E-state index contributed by atoms with van der Waals surface area (Å²) in [7, 11) is 2.98. The van der Waals surface area contributed by atoms with Crippen molar-refractivity contribution in [1.29, 1.82) is 0 Å². The molecule has 2 rings (SSSR count). The molecule has 0 atom stereocenters. The van der Waals surface area contributed by atoms with Crippen LogP contribution in [0.2, 0.25) is 0 Å². The summed E-state index contributed by atoms with van der Waals surface area (Å²) in [4.78, 5) is 15.9. The lowest BCUT2D eigenvalue weighted by molar-refractivity contribution is 0.0588. The minimum atomic E-state index is -0.391. The van der Waals surface area contributed by atoms with Crippen molar-refractivity contribution < 1.29 is 14.3 Å². The smallest absolute Gasteiger partial charge is 0.356 e. The second kappa shape index (κ2) is 6.09. The zero-order chi connectivity index (χ0) is 14.7. The Labute approximate surface area is 125 Å². The maximum Gasteiger partial charge on any atom is 0.356 e. The van der Waals surface area contributed by atoms with E-state index in [0.717, 1.165) is 21.6 Å². The quantitative estimate of drug-likeness (QED) is 0.804. The Hall–Kier alpha value is -1.82. The number of hydrogen-bond acceptors (Lipinski definition) is 4. The molecular weight excluding hydrogens is 324 g/mol. The van der Waals surface area contributed by atoms with Gasteiger partial charge in [0.2, 0.25) is 0 Å². The van der Waals surface area contributed by atoms with E-state index in [-0.39, 0.29) is 0 Å². The van der Waals surface area contributed by atoms with Crippen LogP contribution in [0.3, 0.4) is 0 Å². The maximum atomic E-state index is 11.7. The highest BCUT2D eigenvalue weighted by atomic mass is 79.9. The first kappa shape index (κ1) is 14.6. The van der Waals surface area contributed by atoms with Gasteiger partial charge in [-0.05, 0) is 40.5 Å². The van der Waals surface area contributed by atoms with Crippen LogP contribution < -0.4 is 4.74 Å². The third-order valence-corrected chi connectivity index (χ3v) is 3.63. The normalized spacial score (nSPS) is 10.4. The number of hydrogen-bond donors (Lipinski definition) is 0. The number of esters is 1. The zero-order valence-electron chi connectivity index (χ0n) is 11.5. The monoisotopic (exact) mass is 338 g/mol. The Balaban J connectivity index is 2.32. The summed E-state index contributed by atoms with van der Waals surface area (Å²) in [5.74, 6) is 1.14. The van der Waals surface area contributed by atoms with E-state index in [1.165, 1.54) is 13.3 Å². The van der Waals surface area contributed by atoms with Crippen LogP contribution in [0, 0.1) is 6.92 Å². The number of aromatic nitrogens is 2. The predicted molar refractivity (Wildman–Crippen MR) is 78.1 cm³/mol. The van der Waals surface area contributed by atoms with Crippen molar-refractivity contribution >= 4 is 21.9 Å². The Morgan fingerprint density at radius 1 is 1.40 bits per heavy atom. The molecular formula is C14H15BrN2O3. The molecule has 0 bridgehead atoms. The van der Waals surface area contributed by atoms with Gasteiger partial charge in [-0.3, -0.25) is 0 Å². The highest BCUT2D eigenvalue weighted by Crippen LogP contribution is 2.26. The minimum Gasteiger partial charge on any atom is -0.496 e. The molecule has 0 spiro atoms. The van der Waals surface area contributed by atoms with Gasteiger partial charge in [-0.1, -0.05) is 6.07 Å². The lowest BCUT2D eigenvalue weighted by Crippen LogP contribution is -2.12. The number of methoxy groups -OCH3 is 2. The van der Waals surface area contributed by atoms with Gasteiger partial charge in [0, 0.05) is 6.54 Å². The first-order chi connectivity index (χ1) is 9.56. The molecule has 0 aliphatic rings. The van der Waals surface area contributed by atoms with Crippen LogP contribution in [0.1, 0.15) is 21.9 Å². The standard InChI is InChI=1S/C14H15BrN2O3/c1-9-16-7-12(14(18)20-3)17(9)8-10-4-5-13(19-2)11(15)6-10/h4-7H,8H2,1-3H3. The third-order valence-electron chi connectivity index (χ3n) is 3.01. The summed E-state index contributed by atoms with van der Waals surface area (Å²) >= 11 is 3.45. The van der Waals surface area contributed by atoms with Gasteiger partial charge in [0.1, 0.15) is 17.3 Å².